The summed E-state index contributed by atoms with van der Waals surface area (Å²) in [5.41, 5.74) is 0.631. The Labute approximate surface area is 123 Å². The third-order valence-electron chi connectivity index (χ3n) is 3.12. The van der Waals surface area contributed by atoms with E-state index in [-0.39, 0.29) is 12.0 Å². The number of likely N-dealkylation sites (N-methyl/N-ethyl adjacent to an activating group) is 1. The fraction of sp³-hybridized carbons (Fsp3) is 0.200. The summed E-state index contributed by atoms with van der Waals surface area (Å²) < 4.78 is 41.4. The van der Waals surface area contributed by atoms with Crippen LogP contribution >= 0.6 is 15.9 Å². The number of rotatable bonds is 4. The highest BCUT2D eigenvalue weighted by molar-refractivity contribution is 9.10. The molecule has 1 unspecified atom stereocenters. The van der Waals surface area contributed by atoms with E-state index in [1.54, 1.807) is 19.2 Å². The predicted molar refractivity (Wildman–Crippen MR) is 76.0 cm³/mol. The molecule has 0 aliphatic heterocycles. The minimum Gasteiger partial charge on any atom is -0.313 e. The maximum absolute atomic E-state index is 13.9. The first-order valence-electron chi connectivity index (χ1n) is 6.07. The van der Waals surface area contributed by atoms with Gasteiger partial charge in [0.1, 0.15) is 17.5 Å². The summed E-state index contributed by atoms with van der Waals surface area (Å²) in [6.07, 6.45) is 0.165. The van der Waals surface area contributed by atoms with Crippen molar-refractivity contribution in [2.75, 3.05) is 7.05 Å². The van der Waals surface area contributed by atoms with Gasteiger partial charge < -0.3 is 5.32 Å². The van der Waals surface area contributed by atoms with Gasteiger partial charge in [-0.05, 0) is 49.4 Å². The van der Waals surface area contributed by atoms with Crippen molar-refractivity contribution >= 4 is 15.9 Å². The maximum Gasteiger partial charge on any atom is 0.129 e. The van der Waals surface area contributed by atoms with Crippen LogP contribution in [0.1, 0.15) is 17.2 Å². The minimum absolute atomic E-state index is 0.165. The Balaban J connectivity index is 2.31. The van der Waals surface area contributed by atoms with Crippen LogP contribution in [0.15, 0.2) is 40.9 Å². The Hall–Kier alpha value is -1.33. The highest BCUT2D eigenvalue weighted by Crippen LogP contribution is 2.25. The van der Waals surface area contributed by atoms with Gasteiger partial charge in [0.25, 0.3) is 0 Å². The average molecular weight is 344 g/mol. The molecule has 0 aliphatic carbocycles. The second-order valence-electron chi connectivity index (χ2n) is 4.45. The lowest BCUT2D eigenvalue weighted by Gasteiger charge is -2.18. The summed E-state index contributed by atoms with van der Waals surface area (Å²) in [7, 11) is 1.66. The largest absolute Gasteiger partial charge is 0.313 e. The van der Waals surface area contributed by atoms with Crippen LogP contribution < -0.4 is 5.32 Å². The number of hydrogen-bond donors (Lipinski definition) is 1. The summed E-state index contributed by atoms with van der Waals surface area (Å²) in [5, 5.41) is 2.93. The molecule has 0 spiro atoms. The van der Waals surface area contributed by atoms with E-state index in [1.165, 1.54) is 6.07 Å². The Morgan fingerprint density at radius 2 is 1.80 bits per heavy atom. The average Bonchev–Trinajstić information content (AvgIpc) is 2.40. The number of nitrogens with one attached hydrogen (secondary N) is 1. The van der Waals surface area contributed by atoms with E-state index in [0.29, 0.717) is 10.0 Å². The molecule has 0 saturated heterocycles. The van der Waals surface area contributed by atoms with Crippen molar-refractivity contribution in [3.63, 3.8) is 0 Å². The van der Waals surface area contributed by atoms with E-state index in [0.717, 1.165) is 18.2 Å². The molecule has 1 nitrogen and oxygen atoms in total. The van der Waals surface area contributed by atoms with E-state index in [1.807, 2.05) is 0 Å². The highest BCUT2D eigenvalue weighted by atomic mass is 79.9. The third-order valence-corrected chi connectivity index (χ3v) is 3.61. The molecule has 106 valence electrons. The van der Waals surface area contributed by atoms with Crippen LogP contribution in [0.4, 0.5) is 13.2 Å². The molecule has 20 heavy (non-hydrogen) atoms. The summed E-state index contributed by atoms with van der Waals surface area (Å²) >= 11 is 3.19. The molecule has 0 aliphatic rings. The van der Waals surface area contributed by atoms with E-state index in [9.17, 15) is 13.2 Å². The molecule has 0 radical (unpaired) electrons. The second kappa shape index (κ2) is 6.41. The molecule has 0 amide bonds. The van der Waals surface area contributed by atoms with Gasteiger partial charge in [0.2, 0.25) is 0 Å². The van der Waals surface area contributed by atoms with Gasteiger partial charge >= 0.3 is 0 Å². The molecule has 2 aromatic carbocycles. The molecule has 0 heterocycles. The normalized spacial score (nSPS) is 12.4. The summed E-state index contributed by atoms with van der Waals surface area (Å²) in [6.45, 7) is 0. The van der Waals surface area contributed by atoms with Crippen molar-refractivity contribution in [3.8, 4) is 0 Å². The van der Waals surface area contributed by atoms with Gasteiger partial charge in [-0.3, -0.25) is 0 Å². The summed E-state index contributed by atoms with van der Waals surface area (Å²) in [6, 6.07) is 7.53. The fourth-order valence-corrected chi connectivity index (χ4v) is 2.40. The van der Waals surface area contributed by atoms with Crippen LogP contribution in [0.25, 0.3) is 0 Å². The van der Waals surface area contributed by atoms with Crippen molar-refractivity contribution in [3.05, 3.63) is 69.4 Å². The van der Waals surface area contributed by atoms with Gasteiger partial charge in [-0.25, -0.2) is 13.2 Å². The van der Waals surface area contributed by atoms with Crippen LogP contribution in [-0.2, 0) is 6.42 Å². The zero-order chi connectivity index (χ0) is 14.7. The topological polar surface area (TPSA) is 12.0 Å². The van der Waals surface area contributed by atoms with Crippen molar-refractivity contribution in [2.45, 2.75) is 12.5 Å². The van der Waals surface area contributed by atoms with Crippen LogP contribution in [0, 0.1) is 17.5 Å². The maximum atomic E-state index is 13.9. The van der Waals surface area contributed by atoms with Crippen LogP contribution in [0.3, 0.4) is 0 Å². The van der Waals surface area contributed by atoms with Crippen LogP contribution in [0.2, 0.25) is 0 Å². The monoisotopic (exact) mass is 343 g/mol. The number of hydrogen-bond acceptors (Lipinski definition) is 1. The molecular formula is C15H13BrF3N. The predicted octanol–water partition coefficient (Wildman–Crippen LogP) is 4.37. The summed E-state index contributed by atoms with van der Waals surface area (Å²) in [4.78, 5) is 0. The van der Waals surface area contributed by atoms with Gasteiger partial charge in [0, 0.05) is 16.1 Å². The first-order chi connectivity index (χ1) is 9.51. The Kier molecular flexibility index (Phi) is 4.83. The van der Waals surface area contributed by atoms with E-state index >= 15 is 0 Å². The van der Waals surface area contributed by atoms with E-state index in [2.05, 4.69) is 21.2 Å². The lowest BCUT2D eigenvalue weighted by atomic mass is 9.98. The molecule has 0 saturated carbocycles. The van der Waals surface area contributed by atoms with Gasteiger partial charge in [-0.15, -0.1) is 0 Å². The summed E-state index contributed by atoms with van der Waals surface area (Å²) in [5.74, 6) is -1.40. The van der Waals surface area contributed by atoms with Gasteiger partial charge in [0.15, 0.2) is 0 Å². The lowest BCUT2D eigenvalue weighted by molar-refractivity contribution is 0.515. The molecule has 0 fully saturated rings. The van der Waals surface area contributed by atoms with E-state index < -0.39 is 23.5 Å². The Morgan fingerprint density at radius 3 is 2.45 bits per heavy atom. The molecule has 1 atom stereocenters. The number of halogens is 4. The van der Waals surface area contributed by atoms with Crippen LogP contribution in [-0.4, -0.2) is 7.05 Å². The van der Waals surface area contributed by atoms with Gasteiger partial charge in [-0.2, -0.15) is 0 Å². The third kappa shape index (κ3) is 3.41. The standard InChI is InChI=1S/C15H13BrF3N/c1-20-15(12-4-2-10(16)8-14(12)19)7-9-6-11(17)3-5-13(9)18/h2-6,8,15,20H,7H2,1H3. The van der Waals surface area contributed by atoms with Crippen molar-refractivity contribution in [1.29, 1.82) is 0 Å². The molecule has 5 heteroatoms. The smallest absolute Gasteiger partial charge is 0.129 e. The number of benzene rings is 2. The lowest BCUT2D eigenvalue weighted by Crippen LogP contribution is -2.20. The first kappa shape index (κ1) is 15.1. The molecule has 1 N–H and O–H groups in total. The zero-order valence-electron chi connectivity index (χ0n) is 10.8. The molecule has 2 rings (SSSR count). The quantitative estimate of drug-likeness (QED) is 0.869. The molecular weight excluding hydrogens is 331 g/mol. The van der Waals surface area contributed by atoms with Crippen molar-refractivity contribution < 1.29 is 13.2 Å². The molecule has 2 aromatic rings. The van der Waals surface area contributed by atoms with Gasteiger partial charge in [-0.1, -0.05) is 22.0 Å². The second-order valence-corrected chi connectivity index (χ2v) is 5.36. The Bertz CT molecular complexity index is 616. The molecule has 0 bridgehead atoms. The highest BCUT2D eigenvalue weighted by Gasteiger charge is 2.17. The van der Waals surface area contributed by atoms with Crippen molar-refractivity contribution in [1.82, 2.24) is 5.32 Å². The SMILES string of the molecule is CNC(Cc1cc(F)ccc1F)c1ccc(Br)cc1F. The van der Waals surface area contributed by atoms with E-state index in [4.69, 9.17) is 0 Å². The molecule has 0 aromatic heterocycles. The zero-order valence-corrected chi connectivity index (χ0v) is 12.3. The minimum atomic E-state index is -0.507. The fourth-order valence-electron chi connectivity index (χ4n) is 2.07. The van der Waals surface area contributed by atoms with Gasteiger partial charge in [0.05, 0.1) is 0 Å². The van der Waals surface area contributed by atoms with Crippen molar-refractivity contribution in [2.24, 2.45) is 0 Å². The Morgan fingerprint density at radius 1 is 1.05 bits per heavy atom. The van der Waals surface area contributed by atoms with Crippen LogP contribution in [0.5, 0.6) is 0 Å². The first-order valence-corrected chi connectivity index (χ1v) is 6.86.